The molecule has 6 nitrogen and oxygen atoms in total. The van der Waals surface area contributed by atoms with Crippen molar-refractivity contribution in [1.29, 1.82) is 0 Å². The Hall–Kier alpha value is -2.86. The molecule has 2 aliphatic heterocycles. The maximum atomic E-state index is 12.7. The van der Waals surface area contributed by atoms with Crippen molar-refractivity contribution >= 4 is 22.6 Å². The third-order valence-electron chi connectivity index (χ3n) is 5.94. The number of anilines is 1. The van der Waals surface area contributed by atoms with Crippen LogP contribution in [-0.2, 0) is 17.7 Å². The summed E-state index contributed by atoms with van der Waals surface area (Å²) in [5.74, 6) is 1.77. The maximum absolute atomic E-state index is 12.7. The summed E-state index contributed by atoms with van der Waals surface area (Å²) in [5.41, 5.74) is 3.46. The first-order chi connectivity index (χ1) is 14.8. The van der Waals surface area contributed by atoms with Crippen LogP contribution in [-0.4, -0.2) is 34.8 Å². The summed E-state index contributed by atoms with van der Waals surface area (Å²) < 4.78 is 13.7. The quantitative estimate of drug-likeness (QED) is 0.675. The lowest BCUT2D eigenvalue weighted by Gasteiger charge is -2.12. The fourth-order valence-corrected chi connectivity index (χ4v) is 4.30. The minimum atomic E-state index is -0.138. The highest BCUT2D eigenvalue weighted by Crippen LogP contribution is 2.25. The molecule has 1 fully saturated rings. The number of carbonyl (C=O) groups excluding carboxylic acids is 1. The average Bonchev–Trinajstić information content (AvgIpc) is 3.34. The Morgan fingerprint density at radius 3 is 2.87 bits per heavy atom. The molecule has 3 heterocycles. The highest BCUT2D eigenvalue weighted by molar-refractivity contribution is 6.05. The van der Waals surface area contributed by atoms with E-state index in [1.807, 2.05) is 24.3 Å². The Labute approximate surface area is 176 Å². The lowest BCUT2D eigenvalue weighted by Crippen LogP contribution is -2.16. The van der Waals surface area contributed by atoms with Gasteiger partial charge >= 0.3 is 0 Å². The van der Waals surface area contributed by atoms with Crippen molar-refractivity contribution in [2.24, 2.45) is 0 Å². The SMILES string of the molecule is O=C(Nc1ccc2c(c1)nc1n2CCCCC1)c1ccc(OC[C@@H]2CCCO2)cc1. The van der Waals surface area contributed by atoms with E-state index in [2.05, 4.69) is 16.0 Å². The fraction of sp³-hybridized carbons (Fsp3) is 0.417. The first-order valence-electron chi connectivity index (χ1n) is 10.9. The molecule has 0 saturated carbocycles. The molecule has 1 amide bonds. The summed E-state index contributed by atoms with van der Waals surface area (Å²) in [6.07, 6.45) is 7.01. The molecule has 1 atom stereocenters. The van der Waals surface area contributed by atoms with Gasteiger partial charge in [0.15, 0.2) is 0 Å². The number of amides is 1. The molecular formula is C24H27N3O3. The van der Waals surface area contributed by atoms with Crippen LogP contribution in [0.5, 0.6) is 5.75 Å². The highest BCUT2D eigenvalue weighted by atomic mass is 16.5. The summed E-state index contributed by atoms with van der Waals surface area (Å²) in [6, 6.07) is 13.2. The number of fused-ring (bicyclic) bond motifs is 3. The third kappa shape index (κ3) is 4.05. The molecule has 0 bridgehead atoms. The molecule has 0 aliphatic carbocycles. The van der Waals surface area contributed by atoms with Crippen molar-refractivity contribution in [3.63, 3.8) is 0 Å². The average molecular weight is 405 g/mol. The molecule has 1 aromatic heterocycles. The van der Waals surface area contributed by atoms with Crippen molar-refractivity contribution in [3.8, 4) is 5.75 Å². The van der Waals surface area contributed by atoms with Crippen molar-refractivity contribution in [2.75, 3.05) is 18.5 Å². The van der Waals surface area contributed by atoms with Crippen LogP contribution in [0.1, 0.15) is 48.3 Å². The molecule has 1 saturated heterocycles. The van der Waals surface area contributed by atoms with Crippen LogP contribution >= 0.6 is 0 Å². The molecule has 0 unspecified atom stereocenters. The molecule has 2 aliphatic rings. The normalized spacial score (nSPS) is 18.7. The van der Waals surface area contributed by atoms with E-state index in [0.717, 1.165) is 60.7 Å². The van der Waals surface area contributed by atoms with Gasteiger partial charge in [-0.25, -0.2) is 4.98 Å². The largest absolute Gasteiger partial charge is 0.491 e. The van der Waals surface area contributed by atoms with Crippen LogP contribution in [0.2, 0.25) is 0 Å². The number of nitrogens with zero attached hydrogens (tertiary/aromatic N) is 2. The van der Waals surface area contributed by atoms with Crippen LogP contribution in [0.4, 0.5) is 5.69 Å². The molecule has 156 valence electrons. The number of benzene rings is 2. The number of hydrogen-bond donors (Lipinski definition) is 1. The molecule has 0 spiro atoms. The van der Waals surface area contributed by atoms with E-state index < -0.39 is 0 Å². The van der Waals surface area contributed by atoms with Crippen LogP contribution in [0, 0.1) is 0 Å². The van der Waals surface area contributed by atoms with E-state index in [1.54, 1.807) is 12.1 Å². The minimum absolute atomic E-state index is 0.138. The third-order valence-corrected chi connectivity index (χ3v) is 5.94. The monoisotopic (exact) mass is 405 g/mol. The van der Waals surface area contributed by atoms with E-state index in [9.17, 15) is 4.79 Å². The number of ether oxygens (including phenoxy) is 2. The number of imidazole rings is 1. The number of carbonyl (C=O) groups is 1. The van der Waals surface area contributed by atoms with Gasteiger partial charge in [-0.2, -0.15) is 0 Å². The number of nitrogens with one attached hydrogen (secondary N) is 1. The Morgan fingerprint density at radius 2 is 2.03 bits per heavy atom. The maximum Gasteiger partial charge on any atom is 0.255 e. The van der Waals surface area contributed by atoms with Gasteiger partial charge in [-0.05, 0) is 68.1 Å². The summed E-state index contributed by atoms with van der Waals surface area (Å²) >= 11 is 0. The predicted octanol–water partition coefficient (Wildman–Crippen LogP) is 4.57. The van der Waals surface area contributed by atoms with Crippen molar-refractivity contribution in [1.82, 2.24) is 9.55 Å². The summed E-state index contributed by atoms with van der Waals surface area (Å²) in [7, 11) is 0. The Balaban J connectivity index is 1.25. The van der Waals surface area contributed by atoms with E-state index in [0.29, 0.717) is 12.2 Å². The van der Waals surface area contributed by atoms with Gasteiger partial charge in [-0.1, -0.05) is 6.42 Å². The van der Waals surface area contributed by atoms with Gasteiger partial charge in [0.25, 0.3) is 5.91 Å². The Bertz CT molecular complexity index is 1040. The van der Waals surface area contributed by atoms with Crippen molar-refractivity contribution in [2.45, 2.75) is 51.2 Å². The van der Waals surface area contributed by atoms with Crippen LogP contribution in [0.25, 0.3) is 11.0 Å². The lowest BCUT2D eigenvalue weighted by molar-refractivity contribution is 0.0679. The van der Waals surface area contributed by atoms with Gasteiger partial charge < -0.3 is 19.4 Å². The van der Waals surface area contributed by atoms with Gasteiger partial charge in [-0.15, -0.1) is 0 Å². The topological polar surface area (TPSA) is 65.4 Å². The Morgan fingerprint density at radius 1 is 1.13 bits per heavy atom. The molecule has 2 aromatic carbocycles. The number of hydrogen-bond acceptors (Lipinski definition) is 4. The lowest BCUT2D eigenvalue weighted by atomic mass is 10.2. The second kappa shape index (κ2) is 8.48. The van der Waals surface area contributed by atoms with Gasteiger partial charge in [0.1, 0.15) is 18.2 Å². The molecule has 6 heteroatoms. The van der Waals surface area contributed by atoms with Crippen molar-refractivity contribution in [3.05, 3.63) is 53.9 Å². The summed E-state index contributed by atoms with van der Waals surface area (Å²) in [6.45, 7) is 2.40. The fourth-order valence-electron chi connectivity index (χ4n) is 4.30. The van der Waals surface area contributed by atoms with E-state index >= 15 is 0 Å². The highest BCUT2D eigenvalue weighted by Gasteiger charge is 2.17. The van der Waals surface area contributed by atoms with Crippen LogP contribution < -0.4 is 10.1 Å². The zero-order valence-corrected chi connectivity index (χ0v) is 17.1. The molecule has 0 radical (unpaired) electrons. The number of aryl methyl sites for hydroxylation is 2. The number of aromatic nitrogens is 2. The van der Waals surface area contributed by atoms with E-state index in [4.69, 9.17) is 14.5 Å². The molecule has 5 rings (SSSR count). The van der Waals surface area contributed by atoms with E-state index in [-0.39, 0.29) is 12.0 Å². The van der Waals surface area contributed by atoms with Gasteiger partial charge in [0.05, 0.1) is 17.1 Å². The van der Waals surface area contributed by atoms with Crippen LogP contribution in [0.3, 0.4) is 0 Å². The molecular weight excluding hydrogens is 378 g/mol. The first kappa shape index (κ1) is 19.1. The standard InChI is InChI=1S/C24H27N3O3/c28-24(17-7-10-19(11-8-17)30-16-20-5-4-14-29-20)25-18-9-12-22-21(15-18)26-23-6-2-1-3-13-27(22)23/h7-12,15,20H,1-6,13-14,16H2,(H,25,28)/t20-/m0/s1. The van der Waals surface area contributed by atoms with Gasteiger partial charge in [0, 0.05) is 30.8 Å². The van der Waals surface area contributed by atoms with Gasteiger partial charge in [-0.3, -0.25) is 4.79 Å². The molecule has 3 aromatic rings. The predicted molar refractivity (Wildman–Crippen MR) is 116 cm³/mol. The number of rotatable bonds is 5. The second-order valence-electron chi connectivity index (χ2n) is 8.12. The molecule has 30 heavy (non-hydrogen) atoms. The first-order valence-corrected chi connectivity index (χ1v) is 10.9. The van der Waals surface area contributed by atoms with Crippen molar-refractivity contribution < 1.29 is 14.3 Å². The molecule has 1 N–H and O–H groups in total. The zero-order chi connectivity index (χ0) is 20.3. The van der Waals surface area contributed by atoms with Crippen LogP contribution in [0.15, 0.2) is 42.5 Å². The summed E-state index contributed by atoms with van der Waals surface area (Å²) in [5, 5.41) is 2.99. The Kier molecular flexibility index (Phi) is 5.41. The minimum Gasteiger partial charge on any atom is -0.491 e. The van der Waals surface area contributed by atoms with E-state index in [1.165, 1.54) is 19.3 Å². The zero-order valence-electron chi connectivity index (χ0n) is 17.1. The smallest absolute Gasteiger partial charge is 0.255 e. The van der Waals surface area contributed by atoms with Gasteiger partial charge in [0.2, 0.25) is 0 Å². The summed E-state index contributed by atoms with van der Waals surface area (Å²) in [4.78, 5) is 17.5. The second-order valence-corrected chi connectivity index (χ2v) is 8.12.